The van der Waals surface area contributed by atoms with Crippen LogP contribution < -0.4 is 5.32 Å². The summed E-state index contributed by atoms with van der Waals surface area (Å²) >= 11 is 0. The third kappa shape index (κ3) is 3.12. The average molecular weight is 248 g/mol. The smallest absolute Gasteiger partial charge is 0.240 e. The minimum Gasteiger partial charge on any atom is -0.383 e. The lowest BCUT2D eigenvalue weighted by Gasteiger charge is -1.99. The molecule has 0 unspecified atom stereocenters. The Morgan fingerprint density at radius 3 is 3.11 bits per heavy atom. The van der Waals surface area contributed by atoms with Crippen LogP contribution in [0.3, 0.4) is 0 Å². The molecular formula is C12H16N4O2. The second kappa shape index (κ2) is 6.23. The molecule has 0 aliphatic heterocycles. The molecule has 96 valence electrons. The number of aryl methyl sites for hydroxylation is 1. The van der Waals surface area contributed by atoms with Gasteiger partial charge in [0, 0.05) is 19.9 Å². The van der Waals surface area contributed by atoms with Gasteiger partial charge in [-0.1, -0.05) is 11.2 Å². The fourth-order valence-corrected chi connectivity index (χ4v) is 1.51. The fraction of sp³-hybridized carbons (Fsp3) is 0.417. The summed E-state index contributed by atoms with van der Waals surface area (Å²) in [6, 6.07) is 3.85. The maximum Gasteiger partial charge on any atom is 0.240 e. The monoisotopic (exact) mass is 248 g/mol. The average Bonchev–Trinajstić information content (AvgIpc) is 2.84. The molecule has 2 aromatic heterocycles. The molecule has 1 N–H and O–H groups in total. The lowest BCUT2D eigenvalue weighted by molar-refractivity contribution is 0.197. The molecular weight excluding hydrogens is 232 g/mol. The van der Waals surface area contributed by atoms with E-state index in [4.69, 9.17) is 9.26 Å². The van der Waals surface area contributed by atoms with E-state index in [0.717, 1.165) is 17.8 Å². The summed E-state index contributed by atoms with van der Waals surface area (Å²) in [6.07, 6.45) is 1.72. The molecule has 0 radical (unpaired) electrons. The quantitative estimate of drug-likeness (QED) is 0.774. The van der Waals surface area contributed by atoms with Gasteiger partial charge in [-0.05, 0) is 18.6 Å². The Labute approximate surface area is 105 Å². The van der Waals surface area contributed by atoms with Crippen LogP contribution in [0.15, 0.2) is 22.9 Å². The van der Waals surface area contributed by atoms with Crippen molar-refractivity contribution in [2.75, 3.05) is 20.3 Å². The van der Waals surface area contributed by atoms with Crippen LogP contribution in [0, 0.1) is 6.92 Å². The Kier molecular flexibility index (Phi) is 4.38. The first-order valence-corrected chi connectivity index (χ1v) is 5.75. The molecule has 6 nitrogen and oxygen atoms in total. The number of aromatic nitrogens is 3. The number of nitrogens with zero attached hydrogens (tertiary/aromatic N) is 3. The van der Waals surface area contributed by atoms with E-state index in [-0.39, 0.29) is 0 Å². The molecule has 0 saturated carbocycles. The summed E-state index contributed by atoms with van der Waals surface area (Å²) in [4.78, 5) is 8.54. The molecule has 6 heteroatoms. The van der Waals surface area contributed by atoms with Crippen molar-refractivity contribution in [1.82, 2.24) is 20.4 Å². The lowest BCUT2D eigenvalue weighted by atomic mass is 10.2. The van der Waals surface area contributed by atoms with Gasteiger partial charge in [-0.2, -0.15) is 4.98 Å². The molecule has 0 spiro atoms. The molecule has 18 heavy (non-hydrogen) atoms. The number of hydrogen-bond acceptors (Lipinski definition) is 6. The van der Waals surface area contributed by atoms with E-state index in [1.54, 1.807) is 13.3 Å². The standard InChI is InChI=1S/C12H16N4O2/c1-9-4-3-5-14-11(9)12-15-10(18-16-12)8-13-6-7-17-2/h3-5,13H,6-8H2,1-2H3. The van der Waals surface area contributed by atoms with Crippen molar-refractivity contribution in [2.45, 2.75) is 13.5 Å². The molecule has 0 saturated heterocycles. The minimum absolute atomic E-state index is 0.525. The molecule has 0 aromatic carbocycles. The van der Waals surface area contributed by atoms with Crippen LogP contribution in [-0.4, -0.2) is 35.4 Å². The number of methoxy groups -OCH3 is 1. The summed E-state index contributed by atoms with van der Waals surface area (Å²) in [5.41, 5.74) is 1.78. The third-order valence-electron chi connectivity index (χ3n) is 2.45. The largest absolute Gasteiger partial charge is 0.383 e. The number of ether oxygens (including phenoxy) is 1. The van der Waals surface area contributed by atoms with Crippen molar-refractivity contribution in [2.24, 2.45) is 0 Å². The zero-order valence-electron chi connectivity index (χ0n) is 10.5. The van der Waals surface area contributed by atoms with E-state index in [0.29, 0.717) is 24.9 Å². The Bertz CT molecular complexity index is 498. The SMILES string of the molecule is COCCNCc1nc(-c2ncccc2C)no1. The summed E-state index contributed by atoms with van der Waals surface area (Å²) < 4.78 is 10.1. The molecule has 0 aliphatic carbocycles. The molecule has 0 amide bonds. The van der Waals surface area contributed by atoms with Gasteiger partial charge < -0.3 is 14.6 Å². The molecule has 0 fully saturated rings. The number of hydrogen-bond donors (Lipinski definition) is 1. The summed E-state index contributed by atoms with van der Waals surface area (Å²) in [5.74, 6) is 1.07. The zero-order chi connectivity index (χ0) is 12.8. The van der Waals surface area contributed by atoms with Crippen LogP contribution in [0.25, 0.3) is 11.5 Å². The Balaban J connectivity index is 2.00. The van der Waals surface area contributed by atoms with Gasteiger partial charge in [0.2, 0.25) is 11.7 Å². The molecule has 0 aliphatic rings. The summed E-state index contributed by atoms with van der Waals surface area (Å²) in [6.45, 7) is 3.90. The van der Waals surface area contributed by atoms with Crippen LogP contribution >= 0.6 is 0 Å². The van der Waals surface area contributed by atoms with Crippen LogP contribution in [-0.2, 0) is 11.3 Å². The van der Waals surface area contributed by atoms with Gasteiger partial charge in [-0.15, -0.1) is 0 Å². The predicted octanol–water partition coefficient (Wildman–Crippen LogP) is 1.18. The van der Waals surface area contributed by atoms with Gasteiger partial charge >= 0.3 is 0 Å². The van der Waals surface area contributed by atoms with Crippen molar-refractivity contribution < 1.29 is 9.26 Å². The highest BCUT2D eigenvalue weighted by Crippen LogP contribution is 2.16. The first-order chi connectivity index (χ1) is 8.81. The van der Waals surface area contributed by atoms with Crippen molar-refractivity contribution in [1.29, 1.82) is 0 Å². The first kappa shape index (κ1) is 12.7. The Morgan fingerprint density at radius 1 is 1.44 bits per heavy atom. The normalized spacial score (nSPS) is 10.8. The van der Waals surface area contributed by atoms with E-state index in [1.807, 2.05) is 19.1 Å². The Morgan fingerprint density at radius 2 is 2.33 bits per heavy atom. The van der Waals surface area contributed by atoms with Crippen molar-refractivity contribution in [3.63, 3.8) is 0 Å². The maximum atomic E-state index is 5.15. The first-order valence-electron chi connectivity index (χ1n) is 5.75. The molecule has 0 bridgehead atoms. The van der Waals surface area contributed by atoms with E-state index in [9.17, 15) is 0 Å². The minimum atomic E-state index is 0.525. The fourth-order valence-electron chi connectivity index (χ4n) is 1.51. The zero-order valence-corrected chi connectivity index (χ0v) is 10.5. The van der Waals surface area contributed by atoms with Gasteiger partial charge in [0.15, 0.2) is 0 Å². The summed E-state index contributed by atoms with van der Waals surface area (Å²) in [5, 5.41) is 7.07. The molecule has 2 heterocycles. The van der Waals surface area contributed by atoms with E-state index in [1.165, 1.54) is 0 Å². The number of pyridine rings is 1. The second-order valence-electron chi connectivity index (χ2n) is 3.85. The van der Waals surface area contributed by atoms with E-state index < -0.39 is 0 Å². The van der Waals surface area contributed by atoms with Crippen LogP contribution in [0.4, 0.5) is 0 Å². The molecule has 2 aromatic rings. The maximum absolute atomic E-state index is 5.15. The summed E-state index contributed by atoms with van der Waals surface area (Å²) in [7, 11) is 1.66. The van der Waals surface area contributed by atoms with Crippen molar-refractivity contribution in [3.8, 4) is 11.5 Å². The Hall–Kier alpha value is -1.79. The molecule has 2 rings (SSSR count). The highest BCUT2D eigenvalue weighted by Gasteiger charge is 2.11. The van der Waals surface area contributed by atoms with Gasteiger partial charge in [-0.3, -0.25) is 4.98 Å². The van der Waals surface area contributed by atoms with Crippen molar-refractivity contribution >= 4 is 0 Å². The van der Waals surface area contributed by atoms with E-state index in [2.05, 4.69) is 20.4 Å². The van der Waals surface area contributed by atoms with Crippen molar-refractivity contribution in [3.05, 3.63) is 29.8 Å². The third-order valence-corrected chi connectivity index (χ3v) is 2.45. The van der Waals surface area contributed by atoms with Crippen LogP contribution in [0.5, 0.6) is 0 Å². The number of nitrogens with one attached hydrogen (secondary N) is 1. The molecule has 0 atom stereocenters. The van der Waals surface area contributed by atoms with Crippen LogP contribution in [0.1, 0.15) is 11.5 Å². The highest BCUT2D eigenvalue weighted by molar-refractivity contribution is 5.52. The van der Waals surface area contributed by atoms with Gasteiger partial charge in [0.1, 0.15) is 5.69 Å². The van der Waals surface area contributed by atoms with Gasteiger partial charge in [0.25, 0.3) is 0 Å². The van der Waals surface area contributed by atoms with Gasteiger partial charge in [0.05, 0.1) is 13.2 Å². The van der Waals surface area contributed by atoms with Gasteiger partial charge in [-0.25, -0.2) is 0 Å². The topological polar surface area (TPSA) is 73.1 Å². The van der Waals surface area contributed by atoms with E-state index >= 15 is 0 Å². The predicted molar refractivity (Wildman–Crippen MR) is 65.8 cm³/mol. The lowest BCUT2D eigenvalue weighted by Crippen LogP contribution is -2.18. The highest BCUT2D eigenvalue weighted by atomic mass is 16.5. The second-order valence-corrected chi connectivity index (χ2v) is 3.85. The number of rotatable bonds is 6. The van der Waals surface area contributed by atoms with Crippen LogP contribution in [0.2, 0.25) is 0 Å².